The number of nitrogens with one attached hydrogen (secondary N) is 1. The van der Waals surface area contributed by atoms with E-state index in [0.29, 0.717) is 0 Å². The fraction of sp³-hybridized carbons (Fsp3) is 0.800. The summed E-state index contributed by atoms with van der Waals surface area (Å²) in [6, 6.07) is -0.667. The highest BCUT2D eigenvalue weighted by atomic mass is 19.1. The highest BCUT2D eigenvalue weighted by molar-refractivity contribution is 5.73. The Kier molecular flexibility index (Phi) is 1.66. The summed E-state index contributed by atoms with van der Waals surface area (Å²) in [4.78, 5) is 10.1. The second kappa shape index (κ2) is 2.31. The van der Waals surface area contributed by atoms with Crippen LogP contribution in [-0.2, 0) is 4.79 Å². The molecule has 1 fully saturated rings. The third-order valence-corrected chi connectivity index (χ3v) is 1.38. The minimum atomic E-state index is -0.980. The molecule has 0 aromatic rings. The molecule has 1 aliphatic heterocycles. The zero-order valence-electron chi connectivity index (χ0n) is 4.80. The Hall–Kier alpha value is -0.640. The van der Waals surface area contributed by atoms with Gasteiger partial charge >= 0.3 is 5.97 Å². The summed E-state index contributed by atoms with van der Waals surface area (Å²) >= 11 is 0. The van der Waals surface area contributed by atoms with Crippen LogP contribution >= 0.6 is 0 Å². The van der Waals surface area contributed by atoms with E-state index < -0.39 is 18.2 Å². The van der Waals surface area contributed by atoms with Crippen LogP contribution in [0, 0.1) is 0 Å². The lowest BCUT2D eigenvalue weighted by Gasteiger charge is -1.99. The van der Waals surface area contributed by atoms with Crippen LogP contribution in [0.4, 0.5) is 4.39 Å². The van der Waals surface area contributed by atoms with Gasteiger partial charge in [0, 0.05) is 13.0 Å². The van der Waals surface area contributed by atoms with Crippen molar-refractivity contribution in [2.24, 2.45) is 0 Å². The maximum absolute atomic E-state index is 12.2. The van der Waals surface area contributed by atoms with Crippen LogP contribution in [0.2, 0.25) is 0 Å². The van der Waals surface area contributed by atoms with Gasteiger partial charge in [0.2, 0.25) is 0 Å². The number of carbonyl (C=O) groups is 1. The number of rotatable bonds is 1. The van der Waals surface area contributed by atoms with E-state index in [9.17, 15) is 9.18 Å². The largest absolute Gasteiger partial charge is 0.480 e. The first-order chi connectivity index (χ1) is 4.20. The van der Waals surface area contributed by atoms with Gasteiger partial charge in [0.15, 0.2) is 0 Å². The predicted molar refractivity (Wildman–Crippen MR) is 28.9 cm³/mol. The fourth-order valence-electron chi connectivity index (χ4n) is 0.881. The van der Waals surface area contributed by atoms with Crippen LogP contribution < -0.4 is 5.32 Å². The highest BCUT2D eigenvalue weighted by Gasteiger charge is 2.28. The van der Waals surface area contributed by atoms with Crippen molar-refractivity contribution in [2.45, 2.75) is 18.6 Å². The van der Waals surface area contributed by atoms with Gasteiger partial charge in [-0.25, -0.2) is 4.39 Å². The Morgan fingerprint density at radius 1 is 1.78 bits per heavy atom. The molecule has 1 saturated heterocycles. The maximum atomic E-state index is 12.2. The third kappa shape index (κ3) is 1.38. The van der Waals surface area contributed by atoms with E-state index in [4.69, 9.17) is 5.11 Å². The lowest BCUT2D eigenvalue weighted by atomic mass is 10.2. The molecule has 0 aliphatic carbocycles. The first kappa shape index (κ1) is 6.48. The van der Waals surface area contributed by atoms with Gasteiger partial charge in [-0.2, -0.15) is 0 Å². The molecule has 2 unspecified atom stereocenters. The first-order valence-electron chi connectivity index (χ1n) is 2.80. The van der Waals surface area contributed by atoms with Crippen LogP contribution in [-0.4, -0.2) is 29.8 Å². The molecule has 0 bridgehead atoms. The van der Waals surface area contributed by atoms with Crippen molar-refractivity contribution >= 4 is 5.97 Å². The Morgan fingerprint density at radius 3 is 2.67 bits per heavy atom. The van der Waals surface area contributed by atoms with Crippen LogP contribution in [0.25, 0.3) is 0 Å². The standard InChI is InChI=1S/C5H8FNO2/c6-3-1-4(5(8)9)7-2-3/h3-4,7H,1-2H2,(H,8,9). The fourth-order valence-corrected chi connectivity index (χ4v) is 0.881. The topological polar surface area (TPSA) is 49.3 Å². The summed E-state index contributed by atoms with van der Waals surface area (Å²) in [6.45, 7) is 0.178. The predicted octanol–water partition coefficient (Wildman–Crippen LogP) is -0.229. The molecule has 1 aliphatic rings. The first-order valence-corrected chi connectivity index (χ1v) is 2.80. The molecule has 0 aromatic carbocycles. The van der Waals surface area contributed by atoms with Gasteiger partial charge in [0.25, 0.3) is 0 Å². The molecule has 0 saturated carbocycles. The number of alkyl halides is 1. The average molecular weight is 133 g/mol. The molecule has 1 heterocycles. The monoisotopic (exact) mass is 133 g/mol. The second-order valence-corrected chi connectivity index (χ2v) is 2.13. The van der Waals surface area contributed by atoms with Crippen molar-refractivity contribution in [3.05, 3.63) is 0 Å². The lowest BCUT2D eigenvalue weighted by molar-refractivity contribution is -0.139. The number of hydrogen-bond acceptors (Lipinski definition) is 2. The van der Waals surface area contributed by atoms with E-state index in [-0.39, 0.29) is 13.0 Å². The molecule has 0 radical (unpaired) electrons. The molecular formula is C5H8FNO2. The number of hydrogen-bond donors (Lipinski definition) is 2. The van der Waals surface area contributed by atoms with E-state index in [0.717, 1.165) is 0 Å². The molecule has 4 heteroatoms. The molecule has 0 spiro atoms. The van der Waals surface area contributed by atoms with Crippen molar-refractivity contribution in [1.29, 1.82) is 0 Å². The van der Waals surface area contributed by atoms with Crippen molar-refractivity contribution in [3.8, 4) is 0 Å². The normalized spacial score (nSPS) is 34.8. The summed E-state index contributed by atoms with van der Waals surface area (Å²) in [6.07, 6.45) is -0.874. The second-order valence-electron chi connectivity index (χ2n) is 2.13. The molecule has 52 valence electrons. The van der Waals surface area contributed by atoms with Gasteiger partial charge < -0.3 is 10.4 Å². The minimum absolute atomic E-state index is 0.106. The number of carboxylic acids is 1. The van der Waals surface area contributed by atoms with Crippen molar-refractivity contribution < 1.29 is 14.3 Å². The van der Waals surface area contributed by atoms with Crippen LogP contribution in [0.3, 0.4) is 0 Å². The minimum Gasteiger partial charge on any atom is -0.480 e. The molecular weight excluding hydrogens is 125 g/mol. The Bertz CT molecular complexity index is 128. The van der Waals surface area contributed by atoms with Crippen LogP contribution in [0.5, 0.6) is 0 Å². The van der Waals surface area contributed by atoms with Crippen molar-refractivity contribution in [1.82, 2.24) is 5.32 Å². The maximum Gasteiger partial charge on any atom is 0.320 e. The average Bonchev–Trinajstić information content (AvgIpc) is 2.14. The zero-order valence-corrected chi connectivity index (χ0v) is 4.80. The van der Waals surface area contributed by atoms with E-state index in [1.165, 1.54) is 0 Å². The van der Waals surface area contributed by atoms with Gasteiger partial charge in [0.1, 0.15) is 12.2 Å². The highest BCUT2D eigenvalue weighted by Crippen LogP contribution is 2.09. The summed E-state index contributed by atoms with van der Waals surface area (Å²) < 4.78 is 12.2. The summed E-state index contributed by atoms with van der Waals surface area (Å²) in [5.74, 6) is -0.963. The Balaban J connectivity index is 2.39. The lowest BCUT2D eigenvalue weighted by Crippen LogP contribution is -2.29. The molecule has 3 nitrogen and oxygen atoms in total. The molecule has 2 atom stereocenters. The van der Waals surface area contributed by atoms with Gasteiger partial charge in [-0.05, 0) is 0 Å². The van der Waals surface area contributed by atoms with Gasteiger partial charge in [-0.3, -0.25) is 4.79 Å². The number of carboxylic acid groups (broad SMARTS) is 1. The van der Waals surface area contributed by atoms with E-state index in [1.807, 2.05) is 0 Å². The molecule has 9 heavy (non-hydrogen) atoms. The number of halogens is 1. The van der Waals surface area contributed by atoms with Gasteiger partial charge in [-0.15, -0.1) is 0 Å². The quantitative estimate of drug-likeness (QED) is 0.519. The van der Waals surface area contributed by atoms with E-state index in [1.54, 1.807) is 0 Å². The Morgan fingerprint density at radius 2 is 2.44 bits per heavy atom. The molecule has 0 aromatic heterocycles. The van der Waals surface area contributed by atoms with Crippen molar-refractivity contribution in [3.63, 3.8) is 0 Å². The van der Waals surface area contributed by atoms with E-state index in [2.05, 4.69) is 5.32 Å². The zero-order chi connectivity index (χ0) is 6.85. The van der Waals surface area contributed by atoms with Gasteiger partial charge in [-0.1, -0.05) is 0 Å². The van der Waals surface area contributed by atoms with Crippen LogP contribution in [0.1, 0.15) is 6.42 Å². The summed E-state index contributed by atoms with van der Waals surface area (Å²) in [5.41, 5.74) is 0. The smallest absolute Gasteiger partial charge is 0.320 e. The van der Waals surface area contributed by atoms with Gasteiger partial charge in [0.05, 0.1) is 0 Å². The molecule has 2 N–H and O–H groups in total. The molecule has 0 amide bonds. The summed E-state index contributed by atoms with van der Waals surface area (Å²) in [5, 5.41) is 10.8. The van der Waals surface area contributed by atoms with Crippen LogP contribution in [0.15, 0.2) is 0 Å². The number of aliphatic carboxylic acids is 1. The van der Waals surface area contributed by atoms with Crippen molar-refractivity contribution in [2.75, 3.05) is 6.54 Å². The van der Waals surface area contributed by atoms with E-state index >= 15 is 0 Å². The summed E-state index contributed by atoms with van der Waals surface area (Å²) in [7, 11) is 0. The Labute approximate surface area is 51.9 Å². The SMILES string of the molecule is O=C(O)C1CC(F)CN1. The third-order valence-electron chi connectivity index (χ3n) is 1.38. The molecule has 1 rings (SSSR count).